The lowest BCUT2D eigenvalue weighted by atomic mass is 10.0. The van der Waals surface area contributed by atoms with Gasteiger partial charge in [-0.3, -0.25) is 9.80 Å². The molecule has 2 heterocycles. The van der Waals surface area contributed by atoms with Crippen LogP contribution >= 0.6 is 0 Å². The number of hydrogen-bond acceptors (Lipinski definition) is 3. The van der Waals surface area contributed by atoms with Crippen molar-refractivity contribution in [3.63, 3.8) is 0 Å². The second-order valence-electron chi connectivity index (χ2n) is 8.10. The zero-order chi connectivity index (χ0) is 18.8. The number of para-hydroxylation sites is 1. The molecule has 3 aromatic carbocycles. The van der Waals surface area contributed by atoms with E-state index in [-0.39, 0.29) is 0 Å². The maximum atomic E-state index is 6.25. The van der Waals surface area contributed by atoms with Crippen LogP contribution in [0.15, 0.2) is 66.7 Å². The first-order valence-electron chi connectivity index (χ1n) is 10.5. The van der Waals surface area contributed by atoms with Gasteiger partial charge in [0.05, 0.1) is 0 Å². The van der Waals surface area contributed by atoms with Crippen molar-refractivity contribution >= 4 is 10.8 Å². The van der Waals surface area contributed by atoms with Crippen LogP contribution in [-0.4, -0.2) is 48.6 Å². The van der Waals surface area contributed by atoms with Gasteiger partial charge in [-0.25, -0.2) is 0 Å². The predicted octanol–water partition coefficient (Wildman–Crippen LogP) is 4.35. The molecule has 2 aliphatic heterocycles. The lowest BCUT2D eigenvalue weighted by Gasteiger charge is -2.37. The fraction of sp³-hybridized carbons (Fsp3) is 0.360. The number of fused-ring (bicyclic) bond motifs is 2. The van der Waals surface area contributed by atoms with Gasteiger partial charge in [0.25, 0.3) is 0 Å². The van der Waals surface area contributed by atoms with Gasteiger partial charge in [0.2, 0.25) is 0 Å². The summed E-state index contributed by atoms with van der Waals surface area (Å²) in [5.74, 6) is 1.09. The minimum atomic E-state index is 0.333. The number of rotatable bonds is 4. The molecule has 0 N–H and O–H groups in total. The fourth-order valence-electron chi connectivity index (χ4n) is 4.60. The standard InChI is InChI=1S/C25H28N2O/c1-3-10-24-20(6-1)8-5-9-22(24)18-26-14-16-27(17-15-26)19-23-13-12-21-7-2-4-11-25(21)28-23/h1-11,23H,12-19H2. The smallest absolute Gasteiger partial charge is 0.122 e. The summed E-state index contributed by atoms with van der Waals surface area (Å²) in [6, 6.07) is 23.9. The Hall–Kier alpha value is -2.36. The van der Waals surface area contributed by atoms with Gasteiger partial charge < -0.3 is 4.74 Å². The molecule has 144 valence electrons. The van der Waals surface area contributed by atoms with Crippen LogP contribution in [0, 0.1) is 0 Å². The Morgan fingerprint density at radius 1 is 0.786 bits per heavy atom. The molecule has 0 bridgehead atoms. The molecule has 28 heavy (non-hydrogen) atoms. The SMILES string of the molecule is c1ccc2c(c1)CCC(CN1CCN(Cc3cccc4ccccc34)CC1)O2. The Bertz CT molecular complexity index is 941. The highest BCUT2D eigenvalue weighted by atomic mass is 16.5. The van der Waals surface area contributed by atoms with Gasteiger partial charge in [-0.15, -0.1) is 0 Å². The summed E-state index contributed by atoms with van der Waals surface area (Å²) in [7, 11) is 0. The summed E-state index contributed by atoms with van der Waals surface area (Å²) >= 11 is 0. The highest BCUT2D eigenvalue weighted by Crippen LogP contribution is 2.27. The van der Waals surface area contributed by atoms with Crippen LogP contribution in [-0.2, 0) is 13.0 Å². The van der Waals surface area contributed by atoms with Crippen molar-refractivity contribution < 1.29 is 4.74 Å². The molecule has 0 radical (unpaired) electrons. The molecular formula is C25H28N2O. The Kier molecular flexibility index (Phi) is 5.03. The van der Waals surface area contributed by atoms with Crippen LogP contribution in [0.25, 0.3) is 10.8 Å². The van der Waals surface area contributed by atoms with Crippen molar-refractivity contribution in [2.45, 2.75) is 25.5 Å². The minimum absolute atomic E-state index is 0.333. The molecule has 1 atom stereocenters. The highest BCUT2D eigenvalue weighted by molar-refractivity contribution is 5.85. The Morgan fingerprint density at radius 2 is 1.54 bits per heavy atom. The lowest BCUT2D eigenvalue weighted by molar-refractivity contribution is 0.0723. The van der Waals surface area contributed by atoms with Crippen molar-refractivity contribution in [1.82, 2.24) is 9.80 Å². The number of piperazine rings is 1. The second-order valence-corrected chi connectivity index (χ2v) is 8.10. The van der Waals surface area contributed by atoms with Gasteiger partial charge in [-0.05, 0) is 40.8 Å². The van der Waals surface area contributed by atoms with E-state index in [0.29, 0.717) is 6.10 Å². The first-order chi connectivity index (χ1) is 13.8. The van der Waals surface area contributed by atoms with E-state index in [1.165, 1.54) is 21.9 Å². The third kappa shape index (κ3) is 3.78. The van der Waals surface area contributed by atoms with Crippen LogP contribution in [0.2, 0.25) is 0 Å². The van der Waals surface area contributed by atoms with Crippen molar-refractivity contribution in [3.05, 3.63) is 77.9 Å². The molecule has 1 saturated heterocycles. The van der Waals surface area contributed by atoms with Gasteiger partial charge in [0.15, 0.2) is 0 Å². The first-order valence-corrected chi connectivity index (χ1v) is 10.5. The molecule has 0 saturated carbocycles. The van der Waals surface area contributed by atoms with Crippen molar-refractivity contribution in [2.75, 3.05) is 32.7 Å². The zero-order valence-corrected chi connectivity index (χ0v) is 16.4. The molecule has 5 rings (SSSR count). The average molecular weight is 373 g/mol. The maximum absolute atomic E-state index is 6.25. The lowest BCUT2D eigenvalue weighted by Crippen LogP contribution is -2.49. The third-order valence-corrected chi connectivity index (χ3v) is 6.20. The normalized spacial score (nSPS) is 20.6. The Morgan fingerprint density at radius 3 is 2.46 bits per heavy atom. The summed E-state index contributed by atoms with van der Waals surface area (Å²) < 4.78 is 6.25. The van der Waals surface area contributed by atoms with E-state index < -0.39 is 0 Å². The fourth-order valence-corrected chi connectivity index (χ4v) is 4.60. The van der Waals surface area contributed by atoms with E-state index in [1.807, 2.05) is 0 Å². The highest BCUT2D eigenvalue weighted by Gasteiger charge is 2.24. The monoisotopic (exact) mass is 372 g/mol. The number of benzene rings is 3. The van der Waals surface area contributed by atoms with Crippen LogP contribution in [0.4, 0.5) is 0 Å². The average Bonchev–Trinajstić information content (AvgIpc) is 2.75. The molecule has 2 aliphatic rings. The summed E-state index contributed by atoms with van der Waals surface area (Å²) in [4.78, 5) is 5.17. The zero-order valence-electron chi connectivity index (χ0n) is 16.4. The summed E-state index contributed by atoms with van der Waals surface area (Å²) in [5, 5.41) is 2.73. The van der Waals surface area contributed by atoms with Crippen molar-refractivity contribution in [2.24, 2.45) is 0 Å². The van der Waals surface area contributed by atoms with E-state index in [2.05, 4.69) is 76.5 Å². The molecule has 1 fully saturated rings. The van der Waals surface area contributed by atoms with E-state index in [0.717, 1.165) is 57.9 Å². The van der Waals surface area contributed by atoms with E-state index in [1.54, 1.807) is 0 Å². The summed E-state index contributed by atoms with van der Waals surface area (Å²) in [6.07, 6.45) is 2.61. The number of aryl methyl sites for hydroxylation is 1. The molecule has 0 amide bonds. The molecule has 1 unspecified atom stereocenters. The van der Waals surface area contributed by atoms with Gasteiger partial charge in [-0.1, -0.05) is 60.7 Å². The molecule has 0 aliphatic carbocycles. The quantitative estimate of drug-likeness (QED) is 0.677. The molecule has 3 heteroatoms. The van der Waals surface area contributed by atoms with Crippen LogP contribution in [0.3, 0.4) is 0 Å². The summed E-state index contributed by atoms with van der Waals surface area (Å²) in [6.45, 7) is 6.62. The van der Waals surface area contributed by atoms with Gasteiger partial charge in [0.1, 0.15) is 11.9 Å². The maximum Gasteiger partial charge on any atom is 0.122 e. The Labute approximate surface area is 167 Å². The first kappa shape index (κ1) is 17.7. The predicted molar refractivity (Wildman–Crippen MR) is 115 cm³/mol. The van der Waals surface area contributed by atoms with Crippen molar-refractivity contribution in [3.8, 4) is 5.75 Å². The third-order valence-electron chi connectivity index (χ3n) is 6.20. The van der Waals surface area contributed by atoms with Gasteiger partial charge in [-0.2, -0.15) is 0 Å². The molecule has 0 spiro atoms. The van der Waals surface area contributed by atoms with Crippen LogP contribution in [0.1, 0.15) is 17.5 Å². The van der Waals surface area contributed by atoms with Crippen LogP contribution in [0.5, 0.6) is 5.75 Å². The van der Waals surface area contributed by atoms with E-state index in [9.17, 15) is 0 Å². The number of nitrogens with zero attached hydrogens (tertiary/aromatic N) is 2. The number of ether oxygens (including phenoxy) is 1. The number of hydrogen-bond donors (Lipinski definition) is 0. The minimum Gasteiger partial charge on any atom is -0.489 e. The Balaban J connectivity index is 1.16. The van der Waals surface area contributed by atoms with Crippen molar-refractivity contribution in [1.29, 1.82) is 0 Å². The largest absolute Gasteiger partial charge is 0.489 e. The molecule has 0 aromatic heterocycles. The topological polar surface area (TPSA) is 15.7 Å². The van der Waals surface area contributed by atoms with Gasteiger partial charge in [0, 0.05) is 39.3 Å². The molecule has 3 nitrogen and oxygen atoms in total. The summed E-state index contributed by atoms with van der Waals surface area (Å²) in [5.41, 5.74) is 2.80. The molecular weight excluding hydrogens is 344 g/mol. The van der Waals surface area contributed by atoms with E-state index in [4.69, 9.17) is 4.74 Å². The van der Waals surface area contributed by atoms with E-state index >= 15 is 0 Å². The van der Waals surface area contributed by atoms with Crippen LogP contribution < -0.4 is 4.74 Å². The second kappa shape index (κ2) is 7.94. The molecule has 3 aromatic rings. The van der Waals surface area contributed by atoms with Gasteiger partial charge >= 0.3 is 0 Å².